The lowest BCUT2D eigenvalue weighted by atomic mass is 9.79. The maximum absolute atomic E-state index is 16.1. The van der Waals surface area contributed by atoms with Crippen LogP contribution in [0.1, 0.15) is 72.2 Å². The van der Waals surface area contributed by atoms with Crippen molar-refractivity contribution < 1.29 is 18.4 Å². The van der Waals surface area contributed by atoms with Crippen LogP contribution in [0.25, 0.3) is 22.2 Å². The van der Waals surface area contributed by atoms with Gasteiger partial charge in [-0.25, -0.2) is 13.8 Å². The Labute approximate surface area is 231 Å². The molecule has 0 unspecified atom stereocenters. The highest BCUT2D eigenvalue weighted by molar-refractivity contribution is 6.01. The zero-order valence-corrected chi connectivity index (χ0v) is 23.2. The molecular weight excluding hydrogens is 514 g/mol. The minimum atomic E-state index is -0.858. The maximum atomic E-state index is 16.1. The number of nitrogens with zero attached hydrogens (tertiary/aromatic N) is 4. The summed E-state index contributed by atoms with van der Waals surface area (Å²) in [5.41, 5.74) is 0.605. The lowest BCUT2D eigenvalue weighted by Crippen LogP contribution is -2.36. The van der Waals surface area contributed by atoms with E-state index in [-0.39, 0.29) is 45.5 Å². The van der Waals surface area contributed by atoms with Crippen LogP contribution in [0.4, 0.5) is 8.78 Å². The van der Waals surface area contributed by atoms with Crippen LogP contribution in [0.5, 0.6) is 0 Å². The first-order valence-corrected chi connectivity index (χ1v) is 13.7. The van der Waals surface area contributed by atoms with E-state index in [1.807, 2.05) is 6.92 Å². The van der Waals surface area contributed by atoms with Crippen LogP contribution < -0.4 is 5.32 Å². The Morgan fingerprint density at radius 2 is 1.88 bits per heavy atom. The summed E-state index contributed by atoms with van der Waals surface area (Å²) in [6.45, 7) is 4.66. The number of amides is 2. The molecule has 2 N–H and O–H groups in total. The Balaban J connectivity index is 1.58. The van der Waals surface area contributed by atoms with Gasteiger partial charge in [0.1, 0.15) is 22.9 Å². The number of fused-ring (bicyclic) bond motifs is 1. The minimum absolute atomic E-state index is 0.0412. The first kappa shape index (κ1) is 27.5. The Morgan fingerprint density at radius 1 is 1.15 bits per heavy atom. The van der Waals surface area contributed by atoms with Crippen molar-refractivity contribution in [1.29, 1.82) is 0 Å². The van der Waals surface area contributed by atoms with Crippen molar-refractivity contribution >= 4 is 22.8 Å². The standard InChI is InChI=1S/C30H34F2N6O2/c1-5-38-23(14-15-33-38)29(39)36-26(18-12-10-17(2)11-13-18)28-34-22-16-21(31)24(25(32)27(22)35-28)19-8-6-7-9-20(19)30(40)37(3)4/h6-9,14-18,26H,5,10-13H2,1-4H3,(H,34,35)(H,36,39)/t17-,18-,26-/m0/s1. The van der Waals surface area contributed by atoms with Gasteiger partial charge in [0.25, 0.3) is 11.8 Å². The highest BCUT2D eigenvalue weighted by Crippen LogP contribution is 2.38. The van der Waals surface area contributed by atoms with Crippen molar-refractivity contribution in [2.24, 2.45) is 11.8 Å². The van der Waals surface area contributed by atoms with E-state index in [9.17, 15) is 9.59 Å². The molecule has 10 heteroatoms. The molecule has 2 aromatic heterocycles. The molecule has 0 spiro atoms. The molecular formula is C30H34F2N6O2. The Morgan fingerprint density at radius 3 is 2.58 bits per heavy atom. The first-order chi connectivity index (χ1) is 19.2. The molecule has 0 saturated heterocycles. The lowest BCUT2D eigenvalue weighted by molar-refractivity contribution is 0.0827. The van der Waals surface area contributed by atoms with Crippen molar-refractivity contribution in [2.45, 2.75) is 52.1 Å². The molecule has 40 heavy (non-hydrogen) atoms. The van der Waals surface area contributed by atoms with Crippen molar-refractivity contribution in [3.05, 3.63) is 71.3 Å². The second-order valence-corrected chi connectivity index (χ2v) is 10.8. The van der Waals surface area contributed by atoms with Crippen LogP contribution in [0.3, 0.4) is 0 Å². The van der Waals surface area contributed by atoms with Crippen LogP contribution in [0, 0.1) is 23.5 Å². The third-order valence-electron chi connectivity index (χ3n) is 7.88. The van der Waals surface area contributed by atoms with Gasteiger partial charge in [0.05, 0.1) is 17.1 Å². The van der Waals surface area contributed by atoms with E-state index >= 15 is 8.78 Å². The van der Waals surface area contributed by atoms with Gasteiger partial charge in [0.15, 0.2) is 5.82 Å². The number of imidazole rings is 1. The molecule has 5 rings (SSSR count). The fourth-order valence-electron chi connectivity index (χ4n) is 5.64. The molecule has 1 atom stereocenters. The average molecular weight is 549 g/mol. The van der Waals surface area contributed by atoms with Crippen LogP contribution in [-0.2, 0) is 6.54 Å². The number of rotatable bonds is 7. The van der Waals surface area contributed by atoms with Crippen molar-refractivity contribution in [3.63, 3.8) is 0 Å². The summed E-state index contributed by atoms with van der Waals surface area (Å²) >= 11 is 0. The fourth-order valence-corrected chi connectivity index (χ4v) is 5.64. The van der Waals surface area contributed by atoms with E-state index in [4.69, 9.17) is 0 Å². The summed E-state index contributed by atoms with van der Waals surface area (Å²) in [5, 5.41) is 7.31. The number of aromatic amines is 1. The van der Waals surface area contributed by atoms with Gasteiger partial charge in [-0.05, 0) is 43.7 Å². The fraction of sp³-hybridized carbons (Fsp3) is 0.400. The van der Waals surface area contributed by atoms with E-state index in [1.54, 1.807) is 49.2 Å². The zero-order chi connectivity index (χ0) is 28.6. The summed E-state index contributed by atoms with van der Waals surface area (Å²) in [6, 6.07) is 8.71. The Bertz CT molecular complexity index is 1550. The highest BCUT2D eigenvalue weighted by Gasteiger charge is 2.33. The van der Waals surface area contributed by atoms with Gasteiger partial charge >= 0.3 is 0 Å². The minimum Gasteiger partial charge on any atom is -0.345 e. The maximum Gasteiger partial charge on any atom is 0.270 e. The number of carbonyl (C=O) groups is 2. The number of carbonyl (C=O) groups excluding carboxylic acids is 2. The predicted octanol–water partition coefficient (Wildman–Crippen LogP) is 5.72. The van der Waals surface area contributed by atoms with Gasteiger partial charge < -0.3 is 15.2 Å². The zero-order valence-electron chi connectivity index (χ0n) is 23.2. The summed E-state index contributed by atoms with van der Waals surface area (Å²) in [7, 11) is 3.17. The van der Waals surface area contributed by atoms with E-state index < -0.39 is 17.7 Å². The van der Waals surface area contributed by atoms with Crippen molar-refractivity contribution in [2.75, 3.05) is 14.1 Å². The van der Waals surface area contributed by atoms with Gasteiger partial charge in [0, 0.05) is 44.0 Å². The van der Waals surface area contributed by atoms with Crippen molar-refractivity contribution in [3.8, 4) is 11.1 Å². The number of aromatic nitrogens is 4. The summed E-state index contributed by atoms with van der Waals surface area (Å²) in [5.74, 6) is -1.29. The second-order valence-electron chi connectivity index (χ2n) is 10.8. The summed E-state index contributed by atoms with van der Waals surface area (Å²) in [4.78, 5) is 35.1. The van der Waals surface area contributed by atoms with E-state index in [0.29, 0.717) is 24.0 Å². The predicted molar refractivity (Wildman–Crippen MR) is 149 cm³/mol. The highest BCUT2D eigenvalue weighted by atomic mass is 19.1. The number of hydrogen-bond donors (Lipinski definition) is 2. The van der Waals surface area contributed by atoms with Crippen LogP contribution >= 0.6 is 0 Å². The van der Waals surface area contributed by atoms with E-state index in [1.165, 1.54) is 17.0 Å². The number of aryl methyl sites for hydroxylation is 1. The summed E-state index contributed by atoms with van der Waals surface area (Å²) < 4.78 is 33.2. The van der Waals surface area contributed by atoms with E-state index in [2.05, 4.69) is 27.3 Å². The van der Waals surface area contributed by atoms with Gasteiger partial charge in [-0.2, -0.15) is 5.10 Å². The molecule has 1 saturated carbocycles. The molecule has 1 fully saturated rings. The number of hydrogen-bond acceptors (Lipinski definition) is 4. The van der Waals surface area contributed by atoms with Crippen LogP contribution in [0.2, 0.25) is 0 Å². The largest absolute Gasteiger partial charge is 0.345 e. The van der Waals surface area contributed by atoms with Crippen LogP contribution in [-0.4, -0.2) is 50.6 Å². The normalized spacial score (nSPS) is 18.1. The van der Waals surface area contributed by atoms with Crippen LogP contribution in [0.15, 0.2) is 42.6 Å². The second kappa shape index (κ2) is 11.2. The molecule has 0 aliphatic heterocycles. The Hall–Kier alpha value is -4.08. The molecule has 2 heterocycles. The quantitative estimate of drug-likeness (QED) is 0.309. The topological polar surface area (TPSA) is 95.9 Å². The number of benzene rings is 2. The SMILES string of the molecule is CCn1nccc1C(=O)N[C@H](c1nc2c(F)c(-c3ccccc3C(=O)N(C)C)c(F)cc2[nH]1)[C@H]1CC[C@H](C)CC1. The van der Waals surface area contributed by atoms with Crippen molar-refractivity contribution in [1.82, 2.24) is 30.0 Å². The molecule has 1 aliphatic carbocycles. The molecule has 0 radical (unpaired) electrons. The molecule has 2 aromatic carbocycles. The average Bonchev–Trinajstić information content (AvgIpc) is 3.59. The van der Waals surface area contributed by atoms with Gasteiger partial charge in [0.2, 0.25) is 0 Å². The Kier molecular flexibility index (Phi) is 7.69. The molecule has 210 valence electrons. The van der Waals surface area contributed by atoms with Gasteiger partial charge in [-0.1, -0.05) is 38.0 Å². The molecule has 0 bridgehead atoms. The smallest absolute Gasteiger partial charge is 0.270 e. The number of halogens is 2. The third kappa shape index (κ3) is 5.10. The van der Waals surface area contributed by atoms with Gasteiger partial charge in [-0.15, -0.1) is 0 Å². The first-order valence-electron chi connectivity index (χ1n) is 13.7. The number of H-pyrrole nitrogens is 1. The van der Waals surface area contributed by atoms with Gasteiger partial charge in [-0.3, -0.25) is 14.3 Å². The summed E-state index contributed by atoms with van der Waals surface area (Å²) in [6.07, 6.45) is 5.34. The molecule has 1 aliphatic rings. The molecule has 2 amide bonds. The number of nitrogens with one attached hydrogen (secondary N) is 2. The molecule has 8 nitrogen and oxygen atoms in total. The molecule has 4 aromatic rings. The third-order valence-corrected chi connectivity index (χ3v) is 7.88. The van der Waals surface area contributed by atoms with E-state index in [0.717, 1.165) is 25.7 Å². The monoisotopic (exact) mass is 548 g/mol. The lowest BCUT2D eigenvalue weighted by Gasteiger charge is -2.32.